The predicted molar refractivity (Wildman–Crippen MR) is 105 cm³/mol. The van der Waals surface area contributed by atoms with Crippen molar-refractivity contribution in [3.05, 3.63) is 48.0 Å². The van der Waals surface area contributed by atoms with Crippen LogP contribution >= 0.6 is 0 Å². The van der Waals surface area contributed by atoms with E-state index in [-0.39, 0.29) is 11.3 Å². The Labute approximate surface area is 166 Å². The van der Waals surface area contributed by atoms with Gasteiger partial charge in [-0.15, -0.1) is 0 Å². The van der Waals surface area contributed by atoms with Crippen LogP contribution in [0.5, 0.6) is 0 Å². The molecule has 0 saturated carbocycles. The highest BCUT2D eigenvalue weighted by atomic mass is 16.5. The maximum atomic E-state index is 12.8. The third-order valence-electron chi connectivity index (χ3n) is 6.12. The Morgan fingerprint density at radius 2 is 2.14 bits per heavy atom. The Balaban J connectivity index is 1.35. The molecule has 7 heteroatoms. The van der Waals surface area contributed by atoms with E-state index in [0.29, 0.717) is 25.6 Å². The first-order valence-electron chi connectivity index (χ1n) is 9.97. The minimum absolute atomic E-state index is 0.138. The van der Waals surface area contributed by atoms with Gasteiger partial charge in [0.2, 0.25) is 5.91 Å². The lowest BCUT2D eigenvalue weighted by molar-refractivity contribution is -0.130. The van der Waals surface area contributed by atoms with Gasteiger partial charge in [0, 0.05) is 57.0 Å². The molecular formula is C21H29N5O2. The van der Waals surface area contributed by atoms with E-state index in [4.69, 9.17) is 4.74 Å². The van der Waals surface area contributed by atoms with Gasteiger partial charge >= 0.3 is 0 Å². The maximum absolute atomic E-state index is 12.8. The van der Waals surface area contributed by atoms with Gasteiger partial charge in [-0.2, -0.15) is 5.10 Å². The van der Waals surface area contributed by atoms with Crippen LogP contribution in [0.4, 0.5) is 0 Å². The second-order valence-corrected chi connectivity index (χ2v) is 8.32. The van der Waals surface area contributed by atoms with Crippen LogP contribution in [0.15, 0.2) is 36.7 Å². The summed E-state index contributed by atoms with van der Waals surface area (Å²) in [6, 6.07) is 7.81. The summed E-state index contributed by atoms with van der Waals surface area (Å²) in [5, 5.41) is 4.34. The molecule has 2 fully saturated rings. The molecule has 2 aromatic heterocycles. The molecule has 0 unspecified atom stereocenters. The van der Waals surface area contributed by atoms with Crippen molar-refractivity contribution in [1.82, 2.24) is 24.6 Å². The molecule has 0 bridgehead atoms. The maximum Gasteiger partial charge on any atom is 0.228 e. The van der Waals surface area contributed by atoms with Gasteiger partial charge < -0.3 is 14.5 Å². The zero-order valence-electron chi connectivity index (χ0n) is 16.8. The first-order chi connectivity index (χ1) is 13.5. The summed E-state index contributed by atoms with van der Waals surface area (Å²) in [6.45, 7) is 4.95. The number of carbonyl (C=O) groups is 1. The molecule has 4 rings (SSSR count). The molecule has 2 aliphatic rings. The molecule has 4 heterocycles. The third kappa shape index (κ3) is 4.10. The largest absolute Gasteiger partial charge is 0.375 e. The lowest BCUT2D eigenvalue weighted by Crippen LogP contribution is -2.38. The van der Waals surface area contributed by atoms with E-state index in [1.54, 1.807) is 10.9 Å². The Kier molecular flexibility index (Phi) is 5.46. The highest BCUT2D eigenvalue weighted by Gasteiger charge is 2.50. The molecule has 2 saturated heterocycles. The SMILES string of the molecule is CN1C[C@@H](COCc2ccccn2)[C@]2(CCN(C(=O)Cc3ccn(C)n3)C2)C1. The highest BCUT2D eigenvalue weighted by molar-refractivity contribution is 5.78. The van der Waals surface area contributed by atoms with Crippen molar-refractivity contribution in [3.8, 4) is 0 Å². The fraction of sp³-hybridized carbons (Fsp3) is 0.571. The van der Waals surface area contributed by atoms with E-state index in [1.807, 2.05) is 42.4 Å². The number of hydrogen-bond donors (Lipinski definition) is 0. The molecule has 7 nitrogen and oxygen atoms in total. The Hall–Kier alpha value is -2.25. The van der Waals surface area contributed by atoms with Crippen molar-refractivity contribution in [2.24, 2.45) is 18.4 Å². The zero-order chi connectivity index (χ0) is 19.6. The lowest BCUT2D eigenvalue weighted by atomic mass is 9.77. The minimum atomic E-state index is 0.138. The number of rotatable bonds is 6. The van der Waals surface area contributed by atoms with Crippen LogP contribution < -0.4 is 0 Å². The zero-order valence-corrected chi connectivity index (χ0v) is 16.8. The quantitative estimate of drug-likeness (QED) is 0.754. The van der Waals surface area contributed by atoms with Gasteiger partial charge in [-0.05, 0) is 31.7 Å². The van der Waals surface area contributed by atoms with Gasteiger partial charge in [0.15, 0.2) is 0 Å². The molecule has 0 N–H and O–H groups in total. The molecule has 1 amide bonds. The van der Waals surface area contributed by atoms with Crippen LogP contribution in [0, 0.1) is 11.3 Å². The molecule has 150 valence electrons. The fourth-order valence-electron chi connectivity index (χ4n) is 4.72. The Morgan fingerprint density at radius 3 is 2.89 bits per heavy atom. The van der Waals surface area contributed by atoms with E-state index in [0.717, 1.165) is 44.0 Å². The van der Waals surface area contributed by atoms with Crippen molar-refractivity contribution < 1.29 is 9.53 Å². The van der Waals surface area contributed by atoms with Gasteiger partial charge in [-0.1, -0.05) is 6.07 Å². The number of pyridine rings is 1. The van der Waals surface area contributed by atoms with Crippen molar-refractivity contribution in [2.75, 3.05) is 39.8 Å². The number of likely N-dealkylation sites (tertiary alicyclic amines) is 2. The van der Waals surface area contributed by atoms with Crippen molar-refractivity contribution in [3.63, 3.8) is 0 Å². The fourth-order valence-corrected chi connectivity index (χ4v) is 4.72. The summed E-state index contributed by atoms with van der Waals surface area (Å²) in [4.78, 5) is 21.5. The number of amides is 1. The van der Waals surface area contributed by atoms with Crippen molar-refractivity contribution >= 4 is 5.91 Å². The molecular weight excluding hydrogens is 354 g/mol. The molecule has 0 aromatic carbocycles. The molecule has 2 atom stereocenters. The van der Waals surface area contributed by atoms with Gasteiger partial charge in [0.1, 0.15) is 0 Å². The van der Waals surface area contributed by atoms with Crippen LogP contribution in [0.3, 0.4) is 0 Å². The van der Waals surface area contributed by atoms with E-state index in [1.165, 1.54) is 0 Å². The average Bonchev–Trinajstić information content (AvgIpc) is 3.36. The second-order valence-electron chi connectivity index (χ2n) is 8.32. The van der Waals surface area contributed by atoms with Crippen LogP contribution in [0.2, 0.25) is 0 Å². The summed E-state index contributed by atoms with van der Waals surface area (Å²) in [7, 11) is 4.04. The summed E-state index contributed by atoms with van der Waals surface area (Å²) >= 11 is 0. The summed E-state index contributed by atoms with van der Waals surface area (Å²) in [6.07, 6.45) is 5.11. The van der Waals surface area contributed by atoms with E-state index < -0.39 is 0 Å². The van der Waals surface area contributed by atoms with Gasteiger partial charge in [-0.25, -0.2) is 0 Å². The topological polar surface area (TPSA) is 63.5 Å². The van der Waals surface area contributed by atoms with Crippen LogP contribution in [0.25, 0.3) is 0 Å². The number of aryl methyl sites for hydroxylation is 1. The normalized spacial score (nSPS) is 25.1. The molecule has 1 spiro atoms. The number of nitrogens with zero attached hydrogens (tertiary/aromatic N) is 5. The summed E-state index contributed by atoms with van der Waals surface area (Å²) in [5.74, 6) is 0.618. The molecule has 0 radical (unpaired) electrons. The van der Waals surface area contributed by atoms with Crippen molar-refractivity contribution in [2.45, 2.75) is 19.4 Å². The number of hydrogen-bond acceptors (Lipinski definition) is 5. The first kappa shape index (κ1) is 19.1. The van der Waals surface area contributed by atoms with Crippen molar-refractivity contribution in [1.29, 1.82) is 0 Å². The molecule has 2 aromatic rings. The number of ether oxygens (including phenoxy) is 1. The smallest absolute Gasteiger partial charge is 0.228 e. The number of carbonyl (C=O) groups excluding carboxylic acids is 1. The number of aromatic nitrogens is 3. The summed E-state index contributed by atoms with van der Waals surface area (Å²) < 4.78 is 7.77. The minimum Gasteiger partial charge on any atom is -0.375 e. The molecule has 2 aliphatic heterocycles. The monoisotopic (exact) mass is 383 g/mol. The Bertz CT molecular complexity index is 808. The van der Waals surface area contributed by atoms with Crippen LogP contribution in [-0.2, 0) is 29.6 Å². The van der Waals surface area contributed by atoms with E-state index in [2.05, 4.69) is 22.0 Å². The molecule has 0 aliphatic carbocycles. The highest BCUT2D eigenvalue weighted by Crippen LogP contribution is 2.43. The standard InChI is InChI=1S/C21H29N5O2/c1-24-12-17(13-28-14-19-5-3-4-8-22-19)21(15-24)7-10-26(16-21)20(27)11-18-6-9-25(2)23-18/h3-6,8-9,17H,7,10-16H2,1-2H3/t17-,21+/m0/s1. The van der Waals surface area contributed by atoms with E-state index >= 15 is 0 Å². The third-order valence-corrected chi connectivity index (χ3v) is 6.12. The van der Waals surface area contributed by atoms with Gasteiger partial charge in [0.05, 0.1) is 31.0 Å². The summed E-state index contributed by atoms with van der Waals surface area (Å²) in [5.41, 5.74) is 1.94. The lowest BCUT2D eigenvalue weighted by Gasteiger charge is -2.30. The average molecular weight is 383 g/mol. The van der Waals surface area contributed by atoms with E-state index in [9.17, 15) is 4.79 Å². The molecule has 28 heavy (non-hydrogen) atoms. The predicted octanol–water partition coefficient (Wildman–Crippen LogP) is 1.35. The first-order valence-corrected chi connectivity index (χ1v) is 9.97. The Morgan fingerprint density at radius 1 is 1.25 bits per heavy atom. The second kappa shape index (κ2) is 8.01. The van der Waals surface area contributed by atoms with Crippen LogP contribution in [-0.4, -0.2) is 70.3 Å². The van der Waals surface area contributed by atoms with Crippen LogP contribution in [0.1, 0.15) is 17.8 Å². The van der Waals surface area contributed by atoms with Gasteiger partial charge in [-0.3, -0.25) is 14.5 Å². The van der Waals surface area contributed by atoms with Gasteiger partial charge in [0.25, 0.3) is 0 Å².